The molecule has 0 atom stereocenters. The van der Waals surface area contributed by atoms with Crippen LogP contribution in [0.4, 0.5) is 0 Å². The van der Waals surface area contributed by atoms with Gasteiger partial charge < -0.3 is 9.72 Å². The molecule has 0 fully saturated rings. The lowest BCUT2D eigenvalue weighted by molar-refractivity contribution is -0.142. The first-order chi connectivity index (χ1) is 8.52. The Labute approximate surface area is 104 Å². The van der Waals surface area contributed by atoms with E-state index in [0.717, 1.165) is 5.69 Å². The summed E-state index contributed by atoms with van der Waals surface area (Å²) in [6.45, 7) is 5.65. The summed E-state index contributed by atoms with van der Waals surface area (Å²) >= 11 is 0. The number of aryl methyl sites for hydroxylation is 2. The van der Waals surface area contributed by atoms with Gasteiger partial charge in [-0.3, -0.25) is 9.59 Å². The average Bonchev–Trinajstić information content (AvgIpc) is 2.65. The van der Waals surface area contributed by atoms with E-state index in [4.69, 9.17) is 4.74 Å². The van der Waals surface area contributed by atoms with Crippen LogP contribution in [0, 0.1) is 13.8 Å². The summed E-state index contributed by atoms with van der Waals surface area (Å²) in [5.41, 5.74) is 2.22. The quantitative estimate of drug-likeness (QED) is 0.814. The SMILES string of the molecule is CCOC(=O)Cc1c(C)n2nc(C)cc2[nH]c1=O. The number of hydrogen-bond acceptors (Lipinski definition) is 4. The predicted octanol–water partition coefficient (Wildman–Crippen LogP) is 0.745. The van der Waals surface area contributed by atoms with Gasteiger partial charge in [0.2, 0.25) is 0 Å². The van der Waals surface area contributed by atoms with Crippen LogP contribution in [0.25, 0.3) is 5.65 Å². The van der Waals surface area contributed by atoms with Crippen molar-refractivity contribution in [2.75, 3.05) is 6.61 Å². The van der Waals surface area contributed by atoms with Crippen molar-refractivity contribution in [1.29, 1.82) is 0 Å². The minimum absolute atomic E-state index is 0.0378. The fourth-order valence-corrected chi connectivity index (χ4v) is 1.89. The highest BCUT2D eigenvalue weighted by molar-refractivity contribution is 5.72. The number of aromatic nitrogens is 3. The van der Waals surface area contributed by atoms with Crippen LogP contribution in [0.5, 0.6) is 0 Å². The molecule has 0 unspecified atom stereocenters. The van der Waals surface area contributed by atoms with E-state index in [1.165, 1.54) is 0 Å². The van der Waals surface area contributed by atoms with E-state index in [0.29, 0.717) is 23.5 Å². The molecule has 0 radical (unpaired) electrons. The molecular formula is C12H15N3O3. The number of carbonyl (C=O) groups excluding carboxylic acids is 1. The first-order valence-electron chi connectivity index (χ1n) is 5.76. The Kier molecular flexibility index (Phi) is 3.18. The molecule has 0 aliphatic heterocycles. The third-order valence-corrected chi connectivity index (χ3v) is 2.73. The molecule has 2 heterocycles. The lowest BCUT2D eigenvalue weighted by Crippen LogP contribution is -2.22. The zero-order valence-corrected chi connectivity index (χ0v) is 10.6. The van der Waals surface area contributed by atoms with Gasteiger partial charge in [0.1, 0.15) is 5.65 Å². The summed E-state index contributed by atoms with van der Waals surface area (Å²) in [6, 6.07) is 1.78. The molecule has 0 aromatic carbocycles. The molecule has 0 aliphatic carbocycles. The number of nitrogens with zero attached hydrogens (tertiary/aromatic N) is 2. The molecule has 0 amide bonds. The summed E-state index contributed by atoms with van der Waals surface area (Å²) in [7, 11) is 0. The van der Waals surface area contributed by atoms with Crippen molar-refractivity contribution < 1.29 is 9.53 Å². The standard InChI is InChI=1S/C12H15N3O3/c1-4-18-11(16)6-9-8(3)15-10(13-12(9)17)5-7(2)14-15/h5H,4,6H2,1-3H3,(H,13,17). The van der Waals surface area contributed by atoms with E-state index < -0.39 is 5.97 Å². The largest absolute Gasteiger partial charge is 0.466 e. The van der Waals surface area contributed by atoms with Crippen molar-refractivity contribution in [3.8, 4) is 0 Å². The first kappa shape index (κ1) is 12.3. The molecule has 2 rings (SSSR count). The first-order valence-corrected chi connectivity index (χ1v) is 5.76. The van der Waals surface area contributed by atoms with Crippen LogP contribution >= 0.6 is 0 Å². The van der Waals surface area contributed by atoms with E-state index in [-0.39, 0.29) is 12.0 Å². The van der Waals surface area contributed by atoms with E-state index in [1.54, 1.807) is 24.4 Å². The molecule has 18 heavy (non-hydrogen) atoms. The molecule has 0 saturated carbocycles. The minimum Gasteiger partial charge on any atom is -0.466 e. The predicted molar refractivity (Wildman–Crippen MR) is 65.6 cm³/mol. The molecule has 2 aromatic rings. The highest BCUT2D eigenvalue weighted by Gasteiger charge is 2.14. The van der Waals surface area contributed by atoms with Gasteiger partial charge >= 0.3 is 5.97 Å². The van der Waals surface area contributed by atoms with Gasteiger partial charge in [0.25, 0.3) is 5.56 Å². The third kappa shape index (κ3) is 2.13. The van der Waals surface area contributed by atoms with Crippen molar-refractivity contribution in [2.24, 2.45) is 0 Å². The zero-order chi connectivity index (χ0) is 13.3. The number of hydrogen-bond donors (Lipinski definition) is 1. The fraction of sp³-hybridized carbons (Fsp3) is 0.417. The third-order valence-electron chi connectivity index (χ3n) is 2.73. The number of rotatable bonds is 3. The molecule has 96 valence electrons. The fourth-order valence-electron chi connectivity index (χ4n) is 1.89. The highest BCUT2D eigenvalue weighted by atomic mass is 16.5. The van der Waals surface area contributed by atoms with Crippen LogP contribution in [-0.2, 0) is 16.0 Å². The number of nitrogens with one attached hydrogen (secondary N) is 1. The smallest absolute Gasteiger partial charge is 0.310 e. The second-order valence-electron chi connectivity index (χ2n) is 4.08. The molecule has 0 aliphatic rings. The Morgan fingerprint density at radius 3 is 2.89 bits per heavy atom. The van der Waals surface area contributed by atoms with Crippen LogP contribution in [0.1, 0.15) is 23.9 Å². The summed E-state index contributed by atoms with van der Waals surface area (Å²) < 4.78 is 6.48. The molecule has 0 bridgehead atoms. The maximum absolute atomic E-state index is 11.9. The summed E-state index contributed by atoms with van der Waals surface area (Å²) in [6.07, 6.45) is -0.0378. The van der Waals surface area contributed by atoms with Crippen molar-refractivity contribution in [2.45, 2.75) is 27.2 Å². The van der Waals surface area contributed by atoms with Crippen LogP contribution in [0.15, 0.2) is 10.9 Å². The van der Waals surface area contributed by atoms with Gasteiger partial charge in [-0.05, 0) is 20.8 Å². The number of carbonyl (C=O) groups is 1. The van der Waals surface area contributed by atoms with E-state index in [1.807, 2.05) is 6.92 Å². The van der Waals surface area contributed by atoms with Crippen LogP contribution in [-0.4, -0.2) is 27.2 Å². The zero-order valence-electron chi connectivity index (χ0n) is 10.6. The van der Waals surface area contributed by atoms with Gasteiger partial charge in [-0.1, -0.05) is 0 Å². The molecule has 0 spiro atoms. The topological polar surface area (TPSA) is 76.5 Å². The summed E-state index contributed by atoms with van der Waals surface area (Å²) in [4.78, 5) is 26.1. The number of esters is 1. The number of fused-ring (bicyclic) bond motifs is 1. The van der Waals surface area contributed by atoms with Gasteiger partial charge in [0, 0.05) is 11.6 Å². The second kappa shape index (κ2) is 4.64. The van der Waals surface area contributed by atoms with Crippen molar-refractivity contribution in [3.05, 3.63) is 33.4 Å². The molecule has 6 nitrogen and oxygen atoms in total. The van der Waals surface area contributed by atoms with Crippen LogP contribution in [0.3, 0.4) is 0 Å². The maximum atomic E-state index is 11.9. The lowest BCUT2D eigenvalue weighted by Gasteiger charge is -2.06. The molecule has 2 aromatic heterocycles. The summed E-state index contributed by atoms with van der Waals surface area (Å²) in [5.74, 6) is -0.408. The van der Waals surface area contributed by atoms with Crippen LogP contribution < -0.4 is 5.56 Å². The second-order valence-corrected chi connectivity index (χ2v) is 4.08. The van der Waals surface area contributed by atoms with Gasteiger partial charge in [-0.15, -0.1) is 0 Å². The maximum Gasteiger partial charge on any atom is 0.310 e. The van der Waals surface area contributed by atoms with Crippen molar-refractivity contribution >= 4 is 11.6 Å². The molecule has 1 N–H and O–H groups in total. The van der Waals surface area contributed by atoms with E-state index in [9.17, 15) is 9.59 Å². The van der Waals surface area contributed by atoms with Gasteiger partial charge in [-0.25, -0.2) is 4.52 Å². The summed E-state index contributed by atoms with van der Waals surface area (Å²) in [5, 5.41) is 4.26. The lowest BCUT2D eigenvalue weighted by atomic mass is 10.2. The van der Waals surface area contributed by atoms with Gasteiger partial charge in [0.15, 0.2) is 0 Å². The Morgan fingerprint density at radius 2 is 2.22 bits per heavy atom. The Hall–Kier alpha value is -2.11. The van der Waals surface area contributed by atoms with Crippen molar-refractivity contribution in [3.63, 3.8) is 0 Å². The number of aromatic amines is 1. The minimum atomic E-state index is -0.408. The Balaban J connectivity index is 2.50. The van der Waals surface area contributed by atoms with E-state index >= 15 is 0 Å². The molecule has 6 heteroatoms. The Bertz CT molecular complexity index is 654. The molecular weight excluding hydrogens is 234 g/mol. The van der Waals surface area contributed by atoms with Crippen molar-refractivity contribution in [1.82, 2.24) is 14.6 Å². The van der Waals surface area contributed by atoms with Gasteiger partial charge in [0.05, 0.1) is 24.4 Å². The van der Waals surface area contributed by atoms with Gasteiger partial charge in [-0.2, -0.15) is 5.10 Å². The average molecular weight is 249 g/mol. The normalized spacial score (nSPS) is 10.8. The monoisotopic (exact) mass is 249 g/mol. The van der Waals surface area contributed by atoms with E-state index in [2.05, 4.69) is 10.1 Å². The number of ether oxygens (including phenoxy) is 1. The Morgan fingerprint density at radius 1 is 1.50 bits per heavy atom. The highest BCUT2D eigenvalue weighted by Crippen LogP contribution is 2.08. The van der Waals surface area contributed by atoms with Crippen LogP contribution in [0.2, 0.25) is 0 Å². The number of H-pyrrole nitrogens is 1. The molecule has 0 saturated heterocycles.